The molecule has 20 heavy (non-hydrogen) atoms. The van der Waals surface area contributed by atoms with E-state index in [1.165, 1.54) is 23.1 Å². The molecule has 0 saturated carbocycles. The molecule has 6 nitrogen and oxygen atoms in total. The number of carbonyl (C=O) groups is 2. The van der Waals surface area contributed by atoms with Gasteiger partial charge in [-0.3, -0.25) is 14.9 Å². The van der Waals surface area contributed by atoms with Crippen molar-refractivity contribution in [3.8, 4) is 0 Å². The van der Waals surface area contributed by atoms with Crippen molar-refractivity contribution in [3.05, 3.63) is 28.7 Å². The normalized spacial score (nSPS) is 10.8. The highest BCUT2D eigenvalue weighted by Crippen LogP contribution is 2.18. The molecule has 0 bridgehead atoms. The van der Waals surface area contributed by atoms with Crippen LogP contribution in [0.15, 0.2) is 29.0 Å². The molecule has 8 heteroatoms. The predicted molar refractivity (Wildman–Crippen MR) is 77.9 cm³/mol. The molecule has 0 aliphatic rings. The molecule has 0 fully saturated rings. The van der Waals surface area contributed by atoms with Crippen LogP contribution in [-0.2, 0) is 4.79 Å². The topological polar surface area (TPSA) is 76.9 Å². The minimum atomic E-state index is -0.365. The molecule has 0 aliphatic heterocycles. The van der Waals surface area contributed by atoms with E-state index < -0.39 is 0 Å². The highest BCUT2D eigenvalue weighted by molar-refractivity contribution is 7.99. The second-order valence-electron chi connectivity index (χ2n) is 4.26. The van der Waals surface area contributed by atoms with E-state index in [0.29, 0.717) is 10.0 Å². The number of rotatable bonds is 5. The minimum absolute atomic E-state index is 0.128. The van der Waals surface area contributed by atoms with E-state index in [-0.39, 0.29) is 23.6 Å². The Morgan fingerprint density at radius 3 is 2.95 bits per heavy atom. The Bertz CT molecular complexity index is 592. The van der Waals surface area contributed by atoms with Crippen molar-refractivity contribution in [2.24, 2.45) is 0 Å². The van der Waals surface area contributed by atoms with Gasteiger partial charge in [-0.2, -0.15) is 0 Å². The van der Waals surface area contributed by atoms with E-state index in [2.05, 4.69) is 15.5 Å². The lowest BCUT2D eigenvalue weighted by Crippen LogP contribution is -2.31. The molecule has 2 aromatic rings. The SMILES string of the molecule is CC(C)n1cnnc1SCC(=O)NC(=O)c1cccs1. The third kappa shape index (κ3) is 3.67. The zero-order valence-electron chi connectivity index (χ0n) is 11.1. The molecule has 106 valence electrons. The molecule has 0 radical (unpaired) electrons. The fraction of sp³-hybridized carbons (Fsp3) is 0.333. The van der Waals surface area contributed by atoms with Crippen LogP contribution in [0.5, 0.6) is 0 Å². The van der Waals surface area contributed by atoms with E-state index in [9.17, 15) is 9.59 Å². The van der Waals surface area contributed by atoms with Crippen molar-refractivity contribution < 1.29 is 9.59 Å². The molecule has 0 atom stereocenters. The van der Waals surface area contributed by atoms with Crippen molar-refractivity contribution in [2.45, 2.75) is 25.0 Å². The highest BCUT2D eigenvalue weighted by atomic mass is 32.2. The van der Waals surface area contributed by atoms with Gasteiger partial charge in [0, 0.05) is 6.04 Å². The number of imide groups is 1. The van der Waals surface area contributed by atoms with Gasteiger partial charge in [0.1, 0.15) is 6.33 Å². The Morgan fingerprint density at radius 2 is 2.30 bits per heavy atom. The third-order valence-electron chi connectivity index (χ3n) is 2.43. The Kier molecular flexibility index (Phi) is 4.91. The van der Waals surface area contributed by atoms with Gasteiger partial charge < -0.3 is 4.57 Å². The molecule has 2 aromatic heterocycles. The fourth-order valence-corrected chi connectivity index (χ4v) is 2.91. The zero-order chi connectivity index (χ0) is 14.5. The quantitative estimate of drug-likeness (QED) is 0.854. The molecule has 1 N–H and O–H groups in total. The van der Waals surface area contributed by atoms with Crippen LogP contribution in [0.2, 0.25) is 0 Å². The van der Waals surface area contributed by atoms with E-state index in [4.69, 9.17) is 0 Å². The molecule has 0 unspecified atom stereocenters. The number of hydrogen-bond donors (Lipinski definition) is 1. The third-order valence-corrected chi connectivity index (χ3v) is 4.25. The summed E-state index contributed by atoms with van der Waals surface area (Å²) in [6.45, 7) is 4.02. The molecular formula is C12H14N4O2S2. The number of thiophene rings is 1. The van der Waals surface area contributed by atoms with Crippen molar-refractivity contribution in [1.29, 1.82) is 0 Å². The summed E-state index contributed by atoms with van der Waals surface area (Å²) in [6, 6.07) is 3.67. The van der Waals surface area contributed by atoms with Gasteiger partial charge in [-0.05, 0) is 25.3 Å². The van der Waals surface area contributed by atoms with Crippen LogP contribution in [0.3, 0.4) is 0 Å². The Morgan fingerprint density at radius 1 is 1.50 bits per heavy atom. The van der Waals surface area contributed by atoms with Gasteiger partial charge in [-0.1, -0.05) is 17.8 Å². The van der Waals surface area contributed by atoms with Gasteiger partial charge in [0.25, 0.3) is 5.91 Å². The maximum Gasteiger partial charge on any atom is 0.267 e. The first-order valence-corrected chi connectivity index (χ1v) is 7.84. The molecule has 0 saturated heterocycles. The number of nitrogens with zero attached hydrogens (tertiary/aromatic N) is 3. The zero-order valence-corrected chi connectivity index (χ0v) is 12.7. The monoisotopic (exact) mass is 310 g/mol. The minimum Gasteiger partial charge on any atom is -0.306 e. The van der Waals surface area contributed by atoms with E-state index in [1.54, 1.807) is 23.8 Å². The molecular weight excluding hydrogens is 296 g/mol. The largest absolute Gasteiger partial charge is 0.306 e. The van der Waals surface area contributed by atoms with Crippen molar-refractivity contribution in [1.82, 2.24) is 20.1 Å². The summed E-state index contributed by atoms with van der Waals surface area (Å²) in [6.07, 6.45) is 1.63. The fourth-order valence-electron chi connectivity index (χ4n) is 1.45. The molecule has 2 rings (SSSR count). The summed E-state index contributed by atoms with van der Waals surface area (Å²) in [4.78, 5) is 23.9. The van der Waals surface area contributed by atoms with E-state index >= 15 is 0 Å². The van der Waals surface area contributed by atoms with Gasteiger partial charge in [-0.15, -0.1) is 21.5 Å². The first-order valence-electron chi connectivity index (χ1n) is 5.98. The summed E-state index contributed by atoms with van der Waals surface area (Å²) in [7, 11) is 0. The number of carbonyl (C=O) groups excluding carboxylic acids is 2. The van der Waals surface area contributed by atoms with Crippen LogP contribution in [0.4, 0.5) is 0 Å². The lowest BCUT2D eigenvalue weighted by atomic mass is 10.4. The Hall–Kier alpha value is -1.67. The van der Waals surface area contributed by atoms with E-state index in [1.807, 2.05) is 18.4 Å². The van der Waals surface area contributed by atoms with Crippen LogP contribution in [0.1, 0.15) is 29.6 Å². The van der Waals surface area contributed by atoms with Gasteiger partial charge in [0.15, 0.2) is 5.16 Å². The first-order chi connectivity index (χ1) is 9.58. The number of aromatic nitrogens is 3. The number of thioether (sulfide) groups is 1. The number of amides is 2. The molecule has 0 aromatic carbocycles. The average Bonchev–Trinajstić information content (AvgIpc) is 3.07. The summed E-state index contributed by atoms with van der Waals surface area (Å²) in [5, 5.41) is 12.6. The number of nitrogens with one attached hydrogen (secondary N) is 1. The average molecular weight is 310 g/mol. The molecule has 0 aliphatic carbocycles. The van der Waals surface area contributed by atoms with Gasteiger partial charge in [0.05, 0.1) is 10.6 Å². The van der Waals surface area contributed by atoms with Gasteiger partial charge >= 0.3 is 0 Å². The van der Waals surface area contributed by atoms with Crippen LogP contribution < -0.4 is 5.32 Å². The van der Waals surface area contributed by atoms with Crippen LogP contribution in [0, 0.1) is 0 Å². The summed E-state index contributed by atoms with van der Waals surface area (Å²) in [5.41, 5.74) is 0. The second kappa shape index (κ2) is 6.67. The lowest BCUT2D eigenvalue weighted by Gasteiger charge is -2.08. The first kappa shape index (κ1) is 14.7. The van der Waals surface area contributed by atoms with Crippen LogP contribution >= 0.6 is 23.1 Å². The highest BCUT2D eigenvalue weighted by Gasteiger charge is 2.14. The van der Waals surface area contributed by atoms with Crippen LogP contribution in [-0.4, -0.2) is 32.3 Å². The standard InChI is InChI=1S/C12H14N4O2S2/c1-8(2)16-7-13-15-12(16)20-6-10(17)14-11(18)9-4-3-5-19-9/h3-5,7-8H,6H2,1-2H3,(H,14,17,18). The van der Waals surface area contributed by atoms with Gasteiger partial charge in [-0.25, -0.2) is 0 Å². The summed E-state index contributed by atoms with van der Waals surface area (Å²) < 4.78 is 1.87. The van der Waals surface area contributed by atoms with Crippen molar-refractivity contribution in [3.63, 3.8) is 0 Å². The number of hydrogen-bond acceptors (Lipinski definition) is 6. The lowest BCUT2D eigenvalue weighted by molar-refractivity contribution is -0.117. The smallest absolute Gasteiger partial charge is 0.267 e. The summed E-state index contributed by atoms with van der Waals surface area (Å²) in [5.74, 6) is -0.578. The molecule has 2 heterocycles. The van der Waals surface area contributed by atoms with Crippen LogP contribution in [0.25, 0.3) is 0 Å². The van der Waals surface area contributed by atoms with Gasteiger partial charge in [0.2, 0.25) is 5.91 Å². The predicted octanol–water partition coefficient (Wildman–Crippen LogP) is 1.97. The summed E-state index contributed by atoms with van der Waals surface area (Å²) >= 11 is 2.56. The second-order valence-corrected chi connectivity index (χ2v) is 6.15. The molecule has 0 spiro atoms. The molecule has 2 amide bonds. The Labute approximate surface area is 124 Å². The van der Waals surface area contributed by atoms with Crippen molar-refractivity contribution in [2.75, 3.05) is 5.75 Å². The van der Waals surface area contributed by atoms with Crippen molar-refractivity contribution >= 4 is 34.9 Å². The Balaban J connectivity index is 1.86. The maximum atomic E-state index is 11.7. The maximum absolute atomic E-state index is 11.7. The van der Waals surface area contributed by atoms with E-state index in [0.717, 1.165) is 0 Å².